The van der Waals surface area contributed by atoms with Crippen molar-refractivity contribution in [2.75, 3.05) is 31.8 Å². The molecule has 9 nitrogen and oxygen atoms in total. The molecule has 0 radical (unpaired) electrons. The molecular weight excluding hydrogens is 458 g/mol. The van der Waals surface area contributed by atoms with Gasteiger partial charge in [-0.15, -0.1) is 11.8 Å². The molecule has 0 unspecified atom stereocenters. The molecule has 0 saturated heterocycles. The maximum absolute atomic E-state index is 12.6. The van der Waals surface area contributed by atoms with Gasteiger partial charge in [0, 0.05) is 16.6 Å². The SMILES string of the molecule is COc1ccc(NC(=O)CSc2ccccc2C(=O)NCC(=O)NCc2ccco2)cc1OC. The number of carbonyl (C=O) groups is 3. The van der Waals surface area contributed by atoms with E-state index in [1.807, 2.05) is 0 Å². The molecule has 0 spiro atoms. The highest BCUT2D eigenvalue weighted by molar-refractivity contribution is 8.00. The Labute approximate surface area is 201 Å². The molecule has 10 heteroatoms. The Hall–Kier alpha value is -3.92. The number of amides is 3. The number of anilines is 1. The van der Waals surface area contributed by atoms with E-state index in [2.05, 4.69) is 16.0 Å². The van der Waals surface area contributed by atoms with Crippen LogP contribution in [0.1, 0.15) is 16.1 Å². The number of methoxy groups -OCH3 is 2. The van der Waals surface area contributed by atoms with Gasteiger partial charge < -0.3 is 29.8 Å². The summed E-state index contributed by atoms with van der Waals surface area (Å²) < 4.78 is 15.6. The molecule has 34 heavy (non-hydrogen) atoms. The summed E-state index contributed by atoms with van der Waals surface area (Å²) in [4.78, 5) is 37.7. The first kappa shape index (κ1) is 24.7. The molecule has 0 saturated carbocycles. The fourth-order valence-corrected chi connectivity index (χ4v) is 3.80. The molecule has 0 aliphatic heterocycles. The van der Waals surface area contributed by atoms with Crippen molar-refractivity contribution < 1.29 is 28.3 Å². The second-order valence-electron chi connectivity index (χ2n) is 6.94. The van der Waals surface area contributed by atoms with Gasteiger partial charge in [0.05, 0.1) is 44.9 Å². The van der Waals surface area contributed by atoms with E-state index in [1.54, 1.807) is 54.6 Å². The van der Waals surface area contributed by atoms with Crippen LogP contribution in [0.2, 0.25) is 0 Å². The van der Waals surface area contributed by atoms with Gasteiger partial charge in [-0.1, -0.05) is 12.1 Å². The van der Waals surface area contributed by atoms with Crippen molar-refractivity contribution >= 4 is 35.2 Å². The van der Waals surface area contributed by atoms with E-state index in [1.165, 1.54) is 32.2 Å². The van der Waals surface area contributed by atoms with Crippen molar-refractivity contribution in [3.05, 3.63) is 72.2 Å². The highest BCUT2D eigenvalue weighted by Gasteiger charge is 2.14. The summed E-state index contributed by atoms with van der Waals surface area (Å²) in [6.45, 7) is 0.0572. The number of benzene rings is 2. The van der Waals surface area contributed by atoms with Gasteiger partial charge in [0.15, 0.2) is 11.5 Å². The summed E-state index contributed by atoms with van der Waals surface area (Å²) in [5.41, 5.74) is 0.945. The average molecular weight is 484 g/mol. The molecule has 1 heterocycles. The maximum atomic E-state index is 12.6. The van der Waals surface area contributed by atoms with Gasteiger partial charge in [-0.3, -0.25) is 14.4 Å². The maximum Gasteiger partial charge on any atom is 0.252 e. The van der Waals surface area contributed by atoms with Crippen LogP contribution < -0.4 is 25.4 Å². The minimum Gasteiger partial charge on any atom is -0.493 e. The van der Waals surface area contributed by atoms with Gasteiger partial charge in [-0.2, -0.15) is 0 Å². The lowest BCUT2D eigenvalue weighted by molar-refractivity contribution is -0.120. The lowest BCUT2D eigenvalue weighted by Gasteiger charge is -2.12. The molecule has 3 N–H and O–H groups in total. The molecule has 1 aromatic heterocycles. The molecule has 3 amide bonds. The molecule has 2 aromatic carbocycles. The predicted octanol–water partition coefficient (Wildman–Crippen LogP) is 3.07. The van der Waals surface area contributed by atoms with Crippen LogP contribution in [0.15, 0.2) is 70.2 Å². The smallest absolute Gasteiger partial charge is 0.252 e. The number of furan rings is 1. The van der Waals surface area contributed by atoms with Crippen LogP contribution in [0.5, 0.6) is 11.5 Å². The molecular formula is C24H25N3O6S. The highest BCUT2D eigenvalue weighted by Crippen LogP contribution is 2.30. The first-order valence-corrected chi connectivity index (χ1v) is 11.3. The number of ether oxygens (including phenoxy) is 2. The lowest BCUT2D eigenvalue weighted by atomic mass is 10.2. The minimum absolute atomic E-state index is 0.0856. The number of rotatable bonds is 11. The average Bonchev–Trinajstić information content (AvgIpc) is 3.38. The summed E-state index contributed by atoms with van der Waals surface area (Å²) in [5.74, 6) is 0.772. The van der Waals surface area contributed by atoms with Crippen molar-refractivity contribution in [1.82, 2.24) is 10.6 Å². The molecule has 0 aliphatic rings. The van der Waals surface area contributed by atoms with E-state index in [0.717, 1.165) is 0 Å². The number of thioether (sulfide) groups is 1. The van der Waals surface area contributed by atoms with Crippen LogP contribution in [0.25, 0.3) is 0 Å². The Kier molecular flexibility index (Phi) is 8.98. The van der Waals surface area contributed by atoms with E-state index < -0.39 is 5.91 Å². The van der Waals surface area contributed by atoms with E-state index in [-0.39, 0.29) is 30.7 Å². The van der Waals surface area contributed by atoms with Gasteiger partial charge in [0.2, 0.25) is 11.8 Å². The summed E-state index contributed by atoms with van der Waals surface area (Å²) in [7, 11) is 3.05. The van der Waals surface area contributed by atoms with E-state index in [9.17, 15) is 14.4 Å². The van der Waals surface area contributed by atoms with Crippen LogP contribution in [-0.2, 0) is 16.1 Å². The fraction of sp³-hybridized carbons (Fsp3) is 0.208. The Bertz CT molecular complexity index is 1130. The van der Waals surface area contributed by atoms with Crippen molar-refractivity contribution in [1.29, 1.82) is 0 Å². The van der Waals surface area contributed by atoms with Crippen LogP contribution in [0.4, 0.5) is 5.69 Å². The van der Waals surface area contributed by atoms with Gasteiger partial charge in [-0.25, -0.2) is 0 Å². The van der Waals surface area contributed by atoms with Gasteiger partial charge in [0.1, 0.15) is 5.76 Å². The van der Waals surface area contributed by atoms with Crippen LogP contribution in [-0.4, -0.2) is 44.2 Å². The summed E-state index contributed by atoms with van der Waals surface area (Å²) in [6.07, 6.45) is 1.52. The number of carbonyl (C=O) groups excluding carboxylic acids is 3. The fourth-order valence-electron chi connectivity index (χ4n) is 2.95. The Morgan fingerprint density at radius 3 is 2.44 bits per heavy atom. The van der Waals surface area contributed by atoms with Gasteiger partial charge >= 0.3 is 0 Å². The first-order valence-electron chi connectivity index (χ1n) is 10.3. The normalized spacial score (nSPS) is 10.3. The molecule has 0 atom stereocenters. The minimum atomic E-state index is -0.406. The van der Waals surface area contributed by atoms with E-state index in [4.69, 9.17) is 13.9 Å². The lowest BCUT2D eigenvalue weighted by Crippen LogP contribution is -2.36. The van der Waals surface area contributed by atoms with E-state index >= 15 is 0 Å². The summed E-state index contributed by atoms with van der Waals surface area (Å²) in [6, 6.07) is 15.4. The van der Waals surface area contributed by atoms with Gasteiger partial charge in [-0.05, 0) is 36.4 Å². The van der Waals surface area contributed by atoms with E-state index in [0.29, 0.717) is 33.4 Å². The zero-order valence-corrected chi connectivity index (χ0v) is 19.6. The van der Waals surface area contributed by atoms with Gasteiger partial charge in [0.25, 0.3) is 5.91 Å². The van der Waals surface area contributed by atoms with Crippen LogP contribution in [0, 0.1) is 0 Å². The highest BCUT2D eigenvalue weighted by atomic mass is 32.2. The van der Waals surface area contributed by atoms with Crippen LogP contribution >= 0.6 is 11.8 Å². The monoisotopic (exact) mass is 483 g/mol. The molecule has 178 valence electrons. The van der Waals surface area contributed by atoms with Crippen molar-refractivity contribution in [3.63, 3.8) is 0 Å². The standard InChI is InChI=1S/C24H25N3O6S/c1-31-19-10-9-16(12-20(19)32-2)27-23(29)15-34-21-8-4-3-7-18(21)24(30)26-14-22(28)25-13-17-6-5-11-33-17/h3-12H,13-15H2,1-2H3,(H,25,28)(H,26,30)(H,27,29). The van der Waals surface area contributed by atoms with Crippen LogP contribution in [0.3, 0.4) is 0 Å². The zero-order valence-electron chi connectivity index (χ0n) is 18.8. The first-order chi connectivity index (χ1) is 16.5. The predicted molar refractivity (Wildman–Crippen MR) is 128 cm³/mol. The topological polar surface area (TPSA) is 119 Å². The van der Waals surface area contributed by atoms with Crippen molar-refractivity contribution in [2.45, 2.75) is 11.4 Å². The number of hydrogen-bond donors (Lipinski definition) is 3. The zero-order chi connectivity index (χ0) is 24.3. The molecule has 3 rings (SSSR count). The Balaban J connectivity index is 1.51. The second kappa shape index (κ2) is 12.4. The second-order valence-corrected chi connectivity index (χ2v) is 7.96. The number of nitrogens with one attached hydrogen (secondary N) is 3. The summed E-state index contributed by atoms with van der Waals surface area (Å²) >= 11 is 1.22. The summed E-state index contributed by atoms with van der Waals surface area (Å²) in [5, 5.41) is 8.06. The van der Waals surface area contributed by atoms with Crippen molar-refractivity contribution in [2.24, 2.45) is 0 Å². The quantitative estimate of drug-likeness (QED) is 0.359. The third-order valence-electron chi connectivity index (χ3n) is 4.61. The van der Waals surface area contributed by atoms with Crippen molar-refractivity contribution in [3.8, 4) is 11.5 Å². The molecule has 3 aromatic rings. The molecule has 0 bridgehead atoms. The third kappa shape index (κ3) is 7.04. The third-order valence-corrected chi connectivity index (χ3v) is 5.68. The largest absolute Gasteiger partial charge is 0.493 e. The molecule has 0 aliphatic carbocycles. The number of hydrogen-bond acceptors (Lipinski definition) is 7. The Morgan fingerprint density at radius 2 is 1.71 bits per heavy atom. The molecule has 0 fully saturated rings. The Morgan fingerprint density at radius 1 is 0.912 bits per heavy atom.